The molecule has 0 aliphatic carbocycles. The van der Waals surface area contributed by atoms with Crippen LogP contribution in [0.5, 0.6) is 11.5 Å². The van der Waals surface area contributed by atoms with Gasteiger partial charge in [0.15, 0.2) is 0 Å². The topological polar surface area (TPSA) is 44.9 Å². The predicted octanol–water partition coefficient (Wildman–Crippen LogP) is 12.4. The third kappa shape index (κ3) is 7.66. The zero-order chi connectivity index (χ0) is 35.5. The Kier molecular flexibility index (Phi) is 11.8. The van der Waals surface area contributed by atoms with Gasteiger partial charge in [-0.2, -0.15) is 16.7 Å². The number of hydrogen-bond acceptors (Lipinski definition) is 3. The molecule has 0 fully saturated rings. The first-order valence-corrected chi connectivity index (χ1v) is 18.6. The standard InChI is InChI=1S/C46H48N4O.Pt/c1-7-9-12-15-32(4)37-19-22-43-42(28-37)41-21-20-39(30-44(41)49(43)45-25-31(3)23-24-47-45)51-40-27-35(16-10-8-2)26-38(29-40)50-34(6)46(33(5)48-50)36-17-13-11-14-18-36;/h11,13-14,17-28,32H,7-10,12,15-16H2,1-6H3;/q-2;+2. The first-order chi connectivity index (χ1) is 24.8. The molecule has 3 aromatic heterocycles. The second kappa shape index (κ2) is 16.5. The van der Waals surface area contributed by atoms with Crippen molar-refractivity contribution in [3.05, 3.63) is 131 Å². The molecule has 3 heterocycles. The Bertz CT molecular complexity index is 2300. The molecule has 268 valence electrons. The summed E-state index contributed by atoms with van der Waals surface area (Å²) < 4.78 is 10.9. The van der Waals surface area contributed by atoms with Gasteiger partial charge in [-0.3, -0.25) is 4.68 Å². The molecule has 0 amide bonds. The van der Waals surface area contributed by atoms with Crippen LogP contribution in [0, 0.1) is 32.9 Å². The van der Waals surface area contributed by atoms with Crippen molar-refractivity contribution in [2.75, 3.05) is 0 Å². The van der Waals surface area contributed by atoms with E-state index in [1.54, 1.807) is 0 Å². The molecule has 0 bridgehead atoms. The second-order valence-corrected chi connectivity index (χ2v) is 14.1. The van der Waals surface area contributed by atoms with Crippen LogP contribution in [0.25, 0.3) is 44.4 Å². The van der Waals surface area contributed by atoms with Gasteiger partial charge < -0.3 is 9.30 Å². The van der Waals surface area contributed by atoms with Gasteiger partial charge in [0.2, 0.25) is 0 Å². The summed E-state index contributed by atoms with van der Waals surface area (Å²) in [7, 11) is 0. The summed E-state index contributed by atoms with van der Waals surface area (Å²) in [5.74, 6) is 2.67. The third-order valence-corrected chi connectivity index (χ3v) is 10.1. The molecule has 1 atom stereocenters. The summed E-state index contributed by atoms with van der Waals surface area (Å²) in [5.41, 5.74) is 11.1. The van der Waals surface area contributed by atoms with E-state index in [1.807, 2.05) is 29.1 Å². The van der Waals surface area contributed by atoms with Gasteiger partial charge in [0.1, 0.15) is 5.82 Å². The van der Waals surface area contributed by atoms with E-state index >= 15 is 0 Å². The summed E-state index contributed by atoms with van der Waals surface area (Å²) in [6.45, 7) is 13.2. The zero-order valence-corrected chi connectivity index (χ0v) is 33.5. The normalized spacial score (nSPS) is 12.0. The van der Waals surface area contributed by atoms with Gasteiger partial charge in [0.05, 0.1) is 5.69 Å². The van der Waals surface area contributed by atoms with E-state index in [2.05, 4.69) is 125 Å². The van der Waals surface area contributed by atoms with E-state index in [4.69, 9.17) is 14.8 Å². The Hall–Kier alpha value is -4.47. The molecule has 0 saturated heterocycles. The molecule has 5 nitrogen and oxygen atoms in total. The molecule has 6 heteroatoms. The fourth-order valence-corrected chi connectivity index (χ4v) is 7.35. The van der Waals surface area contributed by atoms with E-state index in [0.717, 1.165) is 75.3 Å². The number of benzene rings is 4. The van der Waals surface area contributed by atoms with Crippen LogP contribution in [0.2, 0.25) is 0 Å². The Morgan fingerprint density at radius 1 is 0.788 bits per heavy atom. The van der Waals surface area contributed by atoms with Gasteiger partial charge in [0.25, 0.3) is 0 Å². The van der Waals surface area contributed by atoms with E-state index in [0.29, 0.717) is 17.4 Å². The smallest absolute Gasteiger partial charge is 0.509 e. The molecule has 0 saturated carbocycles. The van der Waals surface area contributed by atoms with Crippen molar-refractivity contribution < 1.29 is 25.8 Å². The predicted molar refractivity (Wildman–Crippen MR) is 211 cm³/mol. The Morgan fingerprint density at radius 2 is 1.60 bits per heavy atom. The number of rotatable bonds is 13. The van der Waals surface area contributed by atoms with Crippen LogP contribution in [0.1, 0.15) is 93.3 Å². The molecule has 0 radical (unpaired) electrons. The average molecular weight is 868 g/mol. The van der Waals surface area contributed by atoms with Crippen molar-refractivity contribution in [2.24, 2.45) is 0 Å². The van der Waals surface area contributed by atoms with E-state index in [-0.39, 0.29) is 21.1 Å². The van der Waals surface area contributed by atoms with E-state index in [1.165, 1.54) is 42.2 Å². The maximum atomic E-state index is 6.67. The van der Waals surface area contributed by atoms with Crippen LogP contribution in [0.3, 0.4) is 0 Å². The fraction of sp³-hybridized carbons (Fsp3) is 0.304. The van der Waals surface area contributed by atoms with Gasteiger partial charge in [-0.15, -0.1) is 35.7 Å². The van der Waals surface area contributed by atoms with Crippen LogP contribution in [0.4, 0.5) is 0 Å². The molecule has 1 unspecified atom stereocenters. The second-order valence-electron chi connectivity index (χ2n) is 14.1. The first kappa shape index (κ1) is 37.3. The molecule has 4 aromatic carbocycles. The molecular formula is C46H48N4OPt. The number of hydrogen-bond donors (Lipinski definition) is 0. The average Bonchev–Trinajstić information content (AvgIpc) is 3.62. The molecule has 0 N–H and O–H groups in total. The van der Waals surface area contributed by atoms with Crippen molar-refractivity contribution in [3.63, 3.8) is 0 Å². The molecule has 0 spiro atoms. The fourth-order valence-electron chi connectivity index (χ4n) is 7.35. The van der Waals surface area contributed by atoms with Crippen LogP contribution in [-0.4, -0.2) is 19.3 Å². The molecular weight excluding hydrogens is 820 g/mol. The SMILES string of the molecule is CCCCCC(C)c1ccc2c(c1)c1ccc(Oc3[c-]c(-n4nc(C)c(-c5ccccc5)c4C)cc(CCCC)c3)[c-]c1n2-c1cc(C)ccn1.[Pt+2]. The summed E-state index contributed by atoms with van der Waals surface area (Å²) >= 11 is 0. The molecule has 7 aromatic rings. The van der Waals surface area contributed by atoms with E-state index < -0.39 is 0 Å². The first-order valence-electron chi connectivity index (χ1n) is 18.6. The largest absolute Gasteiger partial charge is 2.00 e. The molecule has 0 aliphatic heterocycles. The monoisotopic (exact) mass is 867 g/mol. The van der Waals surface area contributed by atoms with Gasteiger partial charge in [-0.1, -0.05) is 107 Å². The van der Waals surface area contributed by atoms with Gasteiger partial charge in [-0.25, -0.2) is 4.98 Å². The number of ether oxygens (including phenoxy) is 1. The van der Waals surface area contributed by atoms with Crippen molar-refractivity contribution in [2.45, 2.75) is 92.4 Å². The van der Waals surface area contributed by atoms with Crippen LogP contribution < -0.4 is 4.74 Å². The summed E-state index contributed by atoms with van der Waals surface area (Å²) in [6, 6.07) is 37.4. The minimum Gasteiger partial charge on any atom is -0.509 e. The zero-order valence-electron chi connectivity index (χ0n) is 31.2. The maximum Gasteiger partial charge on any atom is 2.00 e. The summed E-state index contributed by atoms with van der Waals surface area (Å²) in [4.78, 5) is 4.81. The van der Waals surface area contributed by atoms with Crippen molar-refractivity contribution >= 4 is 21.8 Å². The van der Waals surface area contributed by atoms with Gasteiger partial charge in [-0.05, 0) is 79.1 Å². The van der Waals surface area contributed by atoms with Crippen molar-refractivity contribution in [3.8, 4) is 34.1 Å². The number of nitrogens with zero attached hydrogens (tertiary/aromatic N) is 4. The van der Waals surface area contributed by atoms with Gasteiger partial charge >= 0.3 is 21.1 Å². The minimum absolute atomic E-state index is 0. The molecule has 7 rings (SSSR count). The summed E-state index contributed by atoms with van der Waals surface area (Å²) in [6.07, 6.45) is 10.0. The Labute approximate surface area is 323 Å². The number of pyridine rings is 1. The van der Waals surface area contributed by atoms with Crippen LogP contribution >= 0.6 is 0 Å². The number of fused-ring (bicyclic) bond motifs is 3. The maximum absolute atomic E-state index is 6.67. The van der Waals surface area contributed by atoms with Crippen molar-refractivity contribution in [1.29, 1.82) is 0 Å². The molecule has 52 heavy (non-hydrogen) atoms. The van der Waals surface area contributed by atoms with Crippen LogP contribution in [-0.2, 0) is 27.5 Å². The van der Waals surface area contributed by atoms with Crippen molar-refractivity contribution in [1.82, 2.24) is 19.3 Å². The van der Waals surface area contributed by atoms with Crippen LogP contribution in [0.15, 0.2) is 91.1 Å². The number of unbranched alkanes of at least 4 members (excludes halogenated alkanes) is 3. The Morgan fingerprint density at radius 3 is 2.37 bits per heavy atom. The van der Waals surface area contributed by atoms with E-state index in [9.17, 15) is 0 Å². The minimum atomic E-state index is 0. The Balaban J connectivity index is 0.00000464. The number of aromatic nitrogens is 4. The number of aryl methyl sites for hydroxylation is 3. The quantitative estimate of drug-likeness (QED) is 0.0857. The third-order valence-electron chi connectivity index (χ3n) is 10.1. The van der Waals surface area contributed by atoms with Gasteiger partial charge in [0, 0.05) is 34.5 Å². The summed E-state index contributed by atoms with van der Waals surface area (Å²) in [5, 5.41) is 7.35. The molecule has 0 aliphatic rings.